The van der Waals surface area contributed by atoms with E-state index in [2.05, 4.69) is 27.1 Å². The van der Waals surface area contributed by atoms with Crippen LogP contribution in [-0.2, 0) is 6.54 Å². The van der Waals surface area contributed by atoms with E-state index in [9.17, 15) is 5.11 Å². The molecule has 5 nitrogen and oxygen atoms in total. The molecule has 2 aromatic heterocycles. The minimum absolute atomic E-state index is 0.199. The first kappa shape index (κ1) is 14.4. The van der Waals surface area contributed by atoms with Gasteiger partial charge in [0.25, 0.3) is 0 Å². The molecule has 0 aliphatic carbocycles. The molecule has 0 saturated carbocycles. The third-order valence-corrected chi connectivity index (χ3v) is 4.38. The van der Waals surface area contributed by atoms with E-state index in [0.29, 0.717) is 0 Å². The van der Waals surface area contributed by atoms with Crippen molar-refractivity contribution in [3.8, 4) is 11.1 Å². The van der Waals surface area contributed by atoms with Crippen molar-refractivity contribution < 1.29 is 5.11 Å². The van der Waals surface area contributed by atoms with Gasteiger partial charge in [0.05, 0.1) is 12.3 Å². The lowest BCUT2D eigenvalue weighted by molar-refractivity contribution is 0.0667. The third kappa shape index (κ3) is 2.98. The summed E-state index contributed by atoms with van der Waals surface area (Å²) in [7, 11) is 0. The Morgan fingerprint density at radius 2 is 2.04 bits per heavy atom. The number of hydrogen-bond donors (Lipinski definition) is 1. The van der Waals surface area contributed by atoms with Crippen LogP contribution in [0.1, 0.15) is 18.4 Å². The van der Waals surface area contributed by atoms with Gasteiger partial charge in [-0.05, 0) is 24.9 Å². The second-order valence-electron chi connectivity index (χ2n) is 6.19. The number of rotatable bonds is 3. The van der Waals surface area contributed by atoms with E-state index in [-0.39, 0.29) is 6.10 Å². The maximum atomic E-state index is 9.78. The van der Waals surface area contributed by atoms with Crippen LogP contribution in [0.2, 0.25) is 0 Å². The van der Waals surface area contributed by atoms with E-state index in [0.717, 1.165) is 54.8 Å². The molecule has 118 valence electrons. The summed E-state index contributed by atoms with van der Waals surface area (Å²) < 4.78 is 1.85. The topological polar surface area (TPSA) is 53.7 Å². The minimum atomic E-state index is -0.199. The number of aliphatic hydroxyl groups is 1. The third-order valence-electron chi connectivity index (χ3n) is 4.38. The van der Waals surface area contributed by atoms with Gasteiger partial charge in [0.2, 0.25) is 0 Å². The number of piperidine rings is 1. The Hall–Kier alpha value is -2.24. The highest BCUT2D eigenvalue weighted by Gasteiger charge is 2.18. The van der Waals surface area contributed by atoms with Gasteiger partial charge in [0.15, 0.2) is 5.65 Å². The van der Waals surface area contributed by atoms with E-state index in [1.54, 1.807) is 0 Å². The Morgan fingerprint density at radius 3 is 2.87 bits per heavy atom. The van der Waals surface area contributed by atoms with Crippen LogP contribution in [0.25, 0.3) is 16.8 Å². The van der Waals surface area contributed by atoms with Crippen LogP contribution in [0, 0.1) is 0 Å². The molecule has 0 spiro atoms. The Labute approximate surface area is 135 Å². The first-order chi connectivity index (χ1) is 11.3. The van der Waals surface area contributed by atoms with Crippen LogP contribution in [-0.4, -0.2) is 43.8 Å². The molecular weight excluding hydrogens is 288 g/mol. The molecule has 0 amide bonds. The Kier molecular flexibility index (Phi) is 3.81. The molecule has 5 heteroatoms. The maximum absolute atomic E-state index is 9.78. The number of likely N-dealkylation sites (tertiary alicyclic amines) is 1. The average molecular weight is 308 g/mol. The normalized spacial score (nSPS) is 19.3. The molecule has 4 rings (SSSR count). The SMILES string of the molecule is O[C@H]1CCCN(Cc2cnc3c(-c4ccccc4)cnn3c2)C1. The first-order valence-corrected chi connectivity index (χ1v) is 8.08. The molecule has 3 aromatic rings. The van der Waals surface area contributed by atoms with E-state index < -0.39 is 0 Å². The number of benzene rings is 1. The summed E-state index contributed by atoms with van der Waals surface area (Å²) in [6, 6.07) is 10.2. The second-order valence-corrected chi connectivity index (χ2v) is 6.19. The molecule has 1 fully saturated rings. The van der Waals surface area contributed by atoms with Gasteiger partial charge < -0.3 is 5.11 Å². The molecule has 1 aliphatic rings. The lowest BCUT2D eigenvalue weighted by Crippen LogP contribution is -2.37. The molecule has 1 aromatic carbocycles. The van der Waals surface area contributed by atoms with Crippen LogP contribution in [0.15, 0.2) is 48.9 Å². The molecular formula is C18H20N4O. The standard InChI is InChI=1S/C18H20N4O/c23-16-7-4-8-21(13-16)11-14-9-19-18-17(10-20-22(18)12-14)15-5-2-1-3-6-15/h1-3,5-6,9-10,12,16,23H,4,7-8,11,13H2/t16-/m0/s1. The molecule has 3 heterocycles. The lowest BCUT2D eigenvalue weighted by Gasteiger charge is -2.29. The Bertz CT molecular complexity index is 799. The largest absolute Gasteiger partial charge is 0.392 e. The van der Waals surface area contributed by atoms with Gasteiger partial charge in [-0.25, -0.2) is 9.50 Å². The molecule has 1 atom stereocenters. The molecule has 1 aliphatic heterocycles. The highest BCUT2D eigenvalue weighted by Crippen LogP contribution is 2.23. The van der Waals surface area contributed by atoms with E-state index in [1.165, 1.54) is 0 Å². The number of fused-ring (bicyclic) bond motifs is 1. The average Bonchev–Trinajstić information content (AvgIpc) is 2.99. The van der Waals surface area contributed by atoms with Crippen molar-refractivity contribution in [2.24, 2.45) is 0 Å². The van der Waals surface area contributed by atoms with E-state index in [4.69, 9.17) is 0 Å². The summed E-state index contributed by atoms with van der Waals surface area (Å²) in [4.78, 5) is 6.89. The van der Waals surface area contributed by atoms with Crippen molar-refractivity contribution in [3.63, 3.8) is 0 Å². The Balaban J connectivity index is 1.60. The maximum Gasteiger partial charge on any atom is 0.162 e. The summed E-state index contributed by atoms with van der Waals surface area (Å²) >= 11 is 0. The number of β-amino-alcohol motifs (C(OH)–C–C–N with tert-alkyl or cyclic N) is 1. The number of nitrogens with zero attached hydrogens (tertiary/aromatic N) is 4. The van der Waals surface area contributed by atoms with Crippen LogP contribution in [0.5, 0.6) is 0 Å². The van der Waals surface area contributed by atoms with Crippen molar-refractivity contribution >= 4 is 5.65 Å². The molecule has 1 saturated heterocycles. The van der Waals surface area contributed by atoms with Gasteiger partial charge in [0.1, 0.15) is 0 Å². The van der Waals surface area contributed by atoms with Crippen molar-refractivity contribution in [1.82, 2.24) is 19.5 Å². The first-order valence-electron chi connectivity index (χ1n) is 8.08. The zero-order valence-electron chi connectivity index (χ0n) is 13.0. The molecule has 1 N–H and O–H groups in total. The van der Waals surface area contributed by atoms with Crippen LogP contribution >= 0.6 is 0 Å². The van der Waals surface area contributed by atoms with Gasteiger partial charge in [-0.2, -0.15) is 5.10 Å². The van der Waals surface area contributed by atoms with Gasteiger partial charge in [-0.1, -0.05) is 30.3 Å². The summed E-state index contributed by atoms with van der Waals surface area (Å²) in [5, 5.41) is 14.2. The van der Waals surface area contributed by atoms with Crippen molar-refractivity contribution in [1.29, 1.82) is 0 Å². The van der Waals surface area contributed by atoms with Gasteiger partial charge in [0, 0.05) is 36.6 Å². The quantitative estimate of drug-likeness (QED) is 0.807. The van der Waals surface area contributed by atoms with Gasteiger partial charge in [-0.3, -0.25) is 4.90 Å². The molecule has 23 heavy (non-hydrogen) atoms. The van der Waals surface area contributed by atoms with E-state index in [1.807, 2.05) is 41.3 Å². The van der Waals surface area contributed by atoms with Gasteiger partial charge >= 0.3 is 0 Å². The van der Waals surface area contributed by atoms with Crippen molar-refractivity contribution in [2.45, 2.75) is 25.5 Å². The molecule has 0 bridgehead atoms. The number of hydrogen-bond acceptors (Lipinski definition) is 4. The van der Waals surface area contributed by atoms with Crippen molar-refractivity contribution in [3.05, 3.63) is 54.5 Å². The monoisotopic (exact) mass is 308 g/mol. The number of aromatic nitrogens is 3. The zero-order chi connectivity index (χ0) is 15.6. The molecule has 0 unspecified atom stereocenters. The summed E-state index contributed by atoms with van der Waals surface area (Å²) in [5.41, 5.74) is 4.17. The minimum Gasteiger partial charge on any atom is -0.392 e. The summed E-state index contributed by atoms with van der Waals surface area (Å²) in [6.45, 7) is 2.58. The number of aliphatic hydroxyl groups excluding tert-OH is 1. The second kappa shape index (κ2) is 6.10. The van der Waals surface area contributed by atoms with E-state index >= 15 is 0 Å². The fraction of sp³-hybridized carbons (Fsp3) is 0.333. The fourth-order valence-corrected chi connectivity index (χ4v) is 3.25. The van der Waals surface area contributed by atoms with Crippen molar-refractivity contribution in [2.75, 3.05) is 13.1 Å². The summed E-state index contributed by atoms with van der Waals surface area (Å²) in [5.74, 6) is 0. The lowest BCUT2D eigenvalue weighted by atomic mass is 10.1. The summed E-state index contributed by atoms with van der Waals surface area (Å²) in [6.07, 6.45) is 7.59. The smallest absolute Gasteiger partial charge is 0.162 e. The predicted octanol–water partition coefficient (Wildman–Crippen LogP) is 2.35. The fourth-order valence-electron chi connectivity index (χ4n) is 3.25. The van der Waals surface area contributed by atoms with Crippen LogP contribution in [0.3, 0.4) is 0 Å². The zero-order valence-corrected chi connectivity index (χ0v) is 13.0. The predicted molar refractivity (Wildman–Crippen MR) is 88.9 cm³/mol. The highest BCUT2D eigenvalue weighted by molar-refractivity contribution is 5.76. The molecule has 0 radical (unpaired) electrons. The highest BCUT2D eigenvalue weighted by atomic mass is 16.3. The van der Waals surface area contributed by atoms with Crippen LogP contribution in [0.4, 0.5) is 0 Å². The van der Waals surface area contributed by atoms with Crippen LogP contribution < -0.4 is 0 Å². The Morgan fingerprint density at radius 1 is 1.17 bits per heavy atom. The van der Waals surface area contributed by atoms with Gasteiger partial charge in [-0.15, -0.1) is 0 Å².